The molecule has 2 atom stereocenters. The van der Waals surface area contributed by atoms with Gasteiger partial charge in [-0.2, -0.15) is 0 Å². The lowest BCUT2D eigenvalue weighted by molar-refractivity contribution is -0.144. The Bertz CT molecular complexity index is 715. The molecule has 1 amide bonds. The van der Waals surface area contributed by atoms with E-state index in [4.69, 9.17) is 9.47 Å². The number of nitrogens with zero attached hydrogens (tertiary/aromatic N) is 1. The van der Waals surface area contributed by atoms with Gasteiger partial charge in [-0.25, -0.2) is 4.39 Å². The van der Waals surface area contributed by atoms with Crippen molar-refractivity contribution in [3.05, 3.63) is 65.5 Å². The van der Waals surface area contributed by atoms with Crippen LogP contribution >= 0.6 is 0 Å². The topological polar surface area (TPSA) is 38.8 Å². The minimum Gasteiger partial charge on any atom is -0.497 e. The quantitative estimate of drug-likeness (QED) is 0.854. The molecule has 1 saturated heterocycles. The van der Waals surface area contributed by atoms with Gasteiger partial charge in [0.1, 0.15) is 17.7 Å². The van der Waals surface area contributed by atoms with Crippen LogP contribution in [0, 0.1) is 5.82 Å². The minimum absolute atomic E-state index is 0.0624. The van der Waals surface area contributed by atoms with E-state index in [2.05, 4.69) is 0 Å². The number of rotatable bonds is 4. The third-order valence-corrected chi connectivity index (χ3v) is 4.37. The summed E-state index contributed by atoms with van der Waals surface area (Å²) >= 11 is 0. The molecule has 0 spiro atoms. The molecule has 1 aliphatic heterocycles. The van der Waals surface area contributed by atoms with Crippen molar-refractivity contribution in [2.75, 3.05) is 20.2 Å². The zero-order valence-electron chi connectivity index (χ0n) is 14.4. The van der Waals surface area contributed by atoms with Crippen LogP contribution in [0.3, 0.4) is 0 Å². The predicted octanol–water partition coefficient (Wildman–Crippen LogP) is 3.37. The first-order chi connectivity index (χ1) is 12.0. The average molecular weight is 343 g/mol. The van der Waals surface area contributed by atoms with Gasteiger partial charge >= 0.3 is 0 Å². The average Bonchev–Trinajstić information content (AvgIpc) is 2.62. The van der Waals surface area contributed by atoms with Crippen LogP contribution in [-0.4, -0.2) is 37.1 Å². The molecule has 0 radical (unpaired) electrons. The standard InChI is InChI=1S/C20H22FNO3/c1-14-12-22(13-19(25-14)16-5-7-17(21)8-6-16)20(23)11-15-3-9-18(24-2)10-4-15/h3-10,14,19H,11-13H2,1-2H3. The number of morpholine rings is 1. The number of hydrogen-bond donors (Lipinski definition) is 0. The second-order valence-corrected chi connectivity index (χ2v) is 6.31. The number of hydrogen-bond acceptors (Lipinski definition) is 3. The summed E-state index contributed by atoms with van der Waals surface area (Å²) in [6.07, 6.45) is 0.0418. The molecule has 3 rings (SSSR count). The van der Waals surface area contributed by atoms with Gasteiger partial charge in [-0.3, -0.25) is 4.79 Å². The summed E-state index contributed by atoms with van der Waals surface area (Å²) in [7, 11) is 1.62. The van der Waals surface area contributed by atoms with Gasteiger partial charge in [0.05, 0.1) is 26.2 Å². The summed E-state index contributed by atoms with van der Waals surface area (Å²) in [4.78, 5) is 14.5. The number of methoxy groups -OCH3 is 1. The molecule has 0 aromatic heterocycles. The normalized spacial score (nSPS) is 20.4. The lowest BCUT2D eigenvalue weighted by atomic mass is 10.1. The Labute approximate surface area is 147 Å². The maximum atomic E-state index is 13.1. The van der Waals surface area contributed by atoms with Crippen LogP contribution in [0.15, 0.2) is 48.5 Å². The van der Waals surface area contributed by atoms with Crippen LogP contribution in [0.1, 0.15) is 24.2 Å². The molecule has 1 aliphatic rings. The molecule has 0 N–H and O–H groups in total. The minimum atomic E-state index is -0.278. The van der Waals surface area contributed by atoms with Gasteiger partial charge in [-0.05, 0) is 42.3 Å². The highest BCUT2D eigenvalue weighted by molar-refractivity contribution is 5.79. The number of carbonyl (C=O) groups excluding carboxylic acids is 1. The summed E-state index contributed by atoms with van der Waals surface area (Å²) in [5, 5.41) is 0. The van der Waals surface area contributed by atoms with Crippen molar-refractivity contribution < 1.29 is 18.7 Å². The van der Waals surface area contributed by atoms with Gasteiger partial charge in [-0.1, -0.05) is 24.3 Å². The van der Waals surface area contributed by atoms with Gasteiger partial charge < -0.3 is 14.4 Å². The Morgan fingerprint density at radius 2 is 1.84 bits per heavy atom. The van der Waals surface area contributed by atoms with Crippen molar-refractivity contribution in [1.29, 1.82) is 0 Å². The Morgan fingerprint density at radius 1 is 1.16 bits per heavy atom. The maximum Gasteiger partial charge on any atom is 0.227 e. The molecule has 0 saturated carbocycles. The van der Waals surface area contributed by atoms with Crippen LogP contribution in [0.5, 0.6) is 5.75 Å². The van der Waals surface area contributed by atoms with E-state index >= 15 is 0 Å². The predicted molar refractivity (Wildman–Crippen MR) is 93.0 cm³/mol. The fourth-order valence-electron chi connectivity index (χ4n) is 3.05. The van der Waals surface area contributed by atoms with Crippen molar-refractivity contribution >= 4 is 5.91 Å². The first-order valence-electron chi connectivity index (χ1n) is 8.37. The van der Waals surface area contributed by atoms with E-state index in [1.807, 2.05) is 36.1 Å². The number of halogens is 1. The van der Waals surface area contributed by atoms with Crippen LogP contribution < -0.4 is 4.74 Å². The highest BCUT2D eigenvalue weighted by atomic mass is 19.1. The number of carbonyl (C=O) groups is 1. The van der Waals surface area contributed by atoms with Gasteiger partial charge in [0, 0.05) is 6.54 Å². The van der Waals surface area contributed by atoms with Gasteiger partial charge in [0.15, 0.2) is 0 Å². The summed E-state index contributed by atoms with van der Waals surface area (Å²) in [6, 6.07) is 13.8. The number of amides is 1. The second-order valence-electron chi connectivity index (χ2n) is 6.31. The zero-order chi connectivity index (χ0) is 17.8. The maximum absolute atomic E-state index is 13.1. The molecular weight excluding hydrogens is 321 g/mol. The monoisotopic (exact) mass is 343 g/mol. The fourth-order valence-corrected chi connectivity index (χ4v) is 3.05. The van der Waals surface area contributed by atoms with Crippen LogP contribution in [-0.2, 0) is 16.0 Å². The van der Waals surface area contributed by atoms with Crippen molar-refractivity contribution in [1.82, 2.24) is 4.90 Å². The largest absolute Gasteiger partial charge is 0.497 e. The molecule has 5 heteroatoms. The van der Waals surface area contributed by atoms with E-state index in [1.165, 1.54) is 12.1 Å². The lowest BCUT2D eigenvalue weighted by Crippen LogP contribution is -2.46. The molecule has 2 aromatic rings. The van der Waals surface area contributed by atoms with E-state index in [9.17, 15) is 9.18 Å². The fraction of sp³-hybridized carbons (Fsp3) is 0.350. The van der Waals surface area contributed by atoms with E-state index in [1.54, 1.807) is 19.2 Å². The first-order valence-corrected chi connectivity index (χ1v) is 8.37. The highest BCUT2D eigenvalue weighted by Crippen LogP contribution is 2.26. The molecule has 4 nitrogen and oxygen atoms in total. The highest BCUT2D eigenvalue weighted by Gasteiger charge is 2.29. The van der Waals surface area contributed by atoms with Gasteiger partial charge in [-0.15, -0.1) is 0 Å². The second kappa shape index (κ2) is 7.66. The summed E-state index contributed by atoms with van der Waals surface area (Å²) in [5.74, 6) is 0.556. The smallest absolute Gasteiger partial charge is 0.227 e. The first kappa shape index (κ1) is 17.4. The molecule has 0 bridgehead atoms. The molecule has 132 valence electrons. The molecular formula is C20H22FNO3. The summed E-state index contributed by atoms with van der Waals surface area (Å²) in [5.41, 5.74) is 1.83. The van der Waals surface area contributed by atoms with Crippen LogP contribution in [0.4, 0.5) is 4.39 Å². The van der Waals surface area contributed by atoms with Crippen LogP contribution in [0.2, 0.25) is 0 Å². The Kier molecular flexibility index (Phi) is 5.34. The van der Waals surface area contributed by atoms with E-state index in [0.717, 1.165) is 16.9 Å². The Balaban J connectivity index is 1.67. The Hall–Kier alpha value is -2.40. The molecule has 0 aliphatic carbocycles. The van der Waals surface area contributed by atoms with Gasteiger partial charge in [0.2, 0.25) is 5.91 Å². The molecule has 2 unspecified atom stereocenters. The molecule has 1 heterocycles. The van der Waals surface area contributed by atoms with E-state index in [-0.39, 0.29) is 23.9 Å². The molecule has 2 aromatic carbocycles. The number of ether oxygens (including phenoxy) is 2. The van der Waals surface area contributed by atoms with Crippen LogP contribution in [0.25, 0.3) is 0 Å². The zero-order valence-corrected chi connectivity index (χ0v) is 14.4. The van der Waals surface area contributed by atoms with E-state index in [0.29, 0.717) is 19.5 Å². The van der Waals surface area contributed by atoms with E-state index < -0.39 is 0 Å². The van der Waals surface area contributed by atoms with Gasteiger partial charge in [0.25, 0.3) is 0 Å². The van der Waals surface area contributed by atoms with Crippen molar-refractivity contribution in [3.8, 4) is 5.75 Å². The lowest BCUT2D eigenvalue weighted by Gasteiger charge is -2.37. The molecule has 25 heavy (non-hydrogen) atoms. The third-order valence-electron chi connectivity index (χ3n) is 4.37. The Morgan fingerprint density at radius 3 is 2.48 bits per heavy atom. The summed E-state index contributed by atoms with van der Waals surface area (Å²) < 4.78 is 24.2. The third kappa shape index (κ3) is 4.37. The van der Waals surface area contributed by atoms with Crippen molar-refractivity contribution in [3.63, 3.8) is 0 Å². The van der Waals surface area contributed by atoms with Crippen molar-refractivity contribution in [2.24, 2.45) is 0 Å². The van der Waals surface area contributed by atoms with Crippen molar-refractivity contribution in [2.45, 2.75) is 25.6 Å². The SMILES string of the molecule is COc1ccc(CC(=O)N2CC(C)OC(c3ccc(F)cc3)C2)cc1. The summed E-state index contributed by atoms with van der Waals surface area (Å²) in [6.45, 7) is 2.99. The number of benzene rings is 2. The molecule has 1 fully saturated rings.